The topological polar surface area (TPSA) is 69.6 Å². The van der Waals surface area contributed by atoms with E-state index in [1.54, 1.807) is 16.4 Å². The molecule has 1 aliphatic rings. The van der Waals surface area contributed by atoms with Crippen molar-refractivity contribution in [1.82, 2.24) is 9.62 Å². The Morgan fingerprint density at radius 1 is 1.44 bits per heavy atom. The van der Waals surface area contributed by atoms with E-state index in [4.69, 9.17) is 0 Å². The molecule has 1 heterocycles. The Hall–Kier alpha value is -1.02. The van der Waals surface area contributed by atoms with Crippen molar-refractivity contribution in [2.45, 2.75) is 44.8 Å². The summed E-state index contributed by atoms with van der Waals surface area (Å²) in [5.74, 6) is -0.0730. The number of nitrogens with zero attached hydrogens (tertiary/aromatic N) is 1. The summed E-state index contributed by atoms with van der Waals surface area (Å²) in [6.07, 6.45) is 3.17. The van der Waals surface area contributed by atoms with Crippen LogP contribution in [0, 0.1) is 11.7 Å². The van der Waals surface area contributed by atoms with Crippen LogP contribution in [0.15, 0.2) is 24.3 Å². The number of sulfonamides is 1. The lowest BCUT2D eigenvalue weighted by atomic mass is 9.86. The summed E-state index contributed by atoms with van der Waals surface area (Å²) in [6, 6.07) is 5.98. The number of piperidine rings is 1. The van der Waals surface area contributed by atoms with Crippen molar-refractivity contribution in [3.63, 3.8) is 0 Å². The summed E-state index contributed by atoms with van der Waals surface area (Å²) in [7, 11) is -3.14. The minimum Gasteiger partial charge on any atom is -0.387 e. The number of nitrogens with one attached hydrogen (secondary N) is 1. The maximum Gasteiger partial charge on any atom is 0.211 e. The molecule has 25 heavy (non-hydrogen) atoms. The van der Waals surface area contributed by atoms with Gasteiger partial charge in [-0.2, -0.15) is 0 Å². The van der Waals surface area contributed by atoms with Gasteiger partial charge in [0.25, 0.3) is 0 Å². The van der Waals surface area contributed by atoms with E-state index in [0.717, 1.165) is 19.3 Å². The molecule has 5 nitrogen and oxygen atoms in total. The van der Waals surface area contributed by atoms with Crippen LogP contribution in [-0.2, 0) is 10.0 Å². The highest BCUT2D eigenvalue weighted by molar-refractivity contribution is 7.88. The van der Waals surface area contributed by atoms with Crippen molar-refractivity contribution in [1.29, 1.82) is 0 Å². The largest absolute Gasteiger partial charge is 0.387 e. The van der Waals surface area contributed by atoms with Gasteiger partial charge in [0, 0.05) is 25.2 Å². The Morgan fingerprint density at radius 3 is 2.80 bits per heavy atom. The number of hydrogen-bond donors (Lipinski definition) is 2. The summed E-state index contributed by atoms with van der Waals surface area (Å²) in [4.78, 5) is 0. The molecule has 2 atom stereocenters. The van der Waals surface area contributed by atoms with Gasteiger partial charge in [-0.05, 0) is 56.7 Å². The van der Waals surface area contributed by atoms with E-state index in [1.165, 1.54) is 18.4 Å². The minimum absolute atomic E-state index is 0.251. The maximum atomic E-state index is 13.3. The van der Waals surface area contributed by atoms with Crippen LogP contribution < -0.4 is 5.32 Å². The zero-order chi connectivity index (χ0) is 18.7. The normalized spacial score (nSPS) is 21.2. The van der Waals surface area contributed by atoms with E-state index in [2.05, 4.69) is 5.32 Å². The predicted octanol–water partition coefficient (Wildman–Crippen LogP) is 2.29. The van der Waals surface area contributed by atoms with Gasteiger partial charge >= 0.3 is 0 Å². The lowest BCUT2D eigenvalue weighted by molar-refractivity contribution is 0.147. The summed E-state index contributed by atoms with van der Waals surface area (Å²) in [5.41, 5.74) is 0.295. The number of rotatable bonds is 7. The van der Waals surface area contributed by atoms with Crippen LogP contribution in [0.5, 0.6) is 0 Å². The van der Waals surface area contributed by atoms with Crippen LogP contribution in [0.3, 0.4) is 0 Å². The molecule has 0 saturated carbocycles. The van der Waals surface area contributed by atoms with Gasteiger partial charge in [-0.1, -0.05) is 12.1 Å². The van der Waals surface area contributed by atoms with Gasteiger partial charge in [-0.15, -0.1) is 0 Å². The molecule has 0 amide bonds. The quantitative estimate of drug-likeness (QED) is 0.770. The molecule has 7 heteroatoms. The van der Waals surface area contributed by atoms with E-state index in [-0.39, 0.29) is 17.3 Å². The van der Waals surface area contributed by atoms with E-state index < -0.39 is 16.1 Å². The summed E-state index contributed by atoms with van der Waals surface area (Å²) in [5, 5.41) is 13.6. The molecule has 0 unspecified atom stereocenters. The van der Waals surface area contributed by atoms with Gasteiger partial charge in [-0.3, -0.25) is 0 Å². The Morgan fingerprint density at radius 2 is 2.16 bits per heavy atom. The smallest absolute Gasteiger partial charge is 0.211 e. The highest BCUT2D eigenvalue weighted by atomic mass is 32.2. The average Bonchev–Trinajstić information content (AvgIpc) is 2.52. The number of halogens is 1. The van der Waals surface area contributed by atoms with Crippen LogP contribution in [0.25, 0.3) is 0 Å². The molecular formula is C18H29FN2O3S. The first-order valence-corrected chi connectivity index (χ1v) is 10.6. The van der Waals surface area contributed by atoms with Gasteiger partial charge in [0.15, 0.2) is 0 Å². The molecule has 1 fully saturated rings. The van der Waals surface area contributed by atoms with Crippen LogP contribution in [-0.4, -0.2) is 49.3 Å². The second kappa shape index (κ2) is 8.12. The van der Waals surface area contributed by atoms with Crippen molar-refractivity contribution >= 4 is 10.0 Å². The highest BCUT2D eigenvalue weighted by Crippen LogP contribution is 2.27. The van der Waals surface area contributed by atoms with E-state index in [9.17, 15) is 17.9 Å². The monoisotopic (exact) mass is 372 g/mol. The predicted molar refractivity (Wildman–Crippen MR) is 97.2 cm³/mol. The maximum absolute atomic E-state index is 13.3. The fraction of sp³-hybridized carbons (Fsp3) is 0.667. The van der Waals surface area contributed by atoms with Crippen molar-refractivity contribution in [2.75, 3.05) is 25.9 Å². The third-order valence-electron chi connectivity index (χ3n) is 4.76. The zero-order valence-electron chi connectivity index (χ0n) is 15.2. The van der Waals surface area contributed by atoms with E-state index in [1.807, 2.05) is 13.8 Å². The fourth-order valence-corrected chi connectivity index (χ4v) is 4.44. The standard InChI is InChI=1S/C18H29FN2O3S/c1-18(2,11-14-6-5-9-21(13-14)25(3,23)24)20-12-17(22)15-7-4-8-16(19)10-15/h4,7-8,10,14,17,20,22H,5-6,9,11-13H2,1-3H3/t14-,17-/m0/s1. The molecule has 1 aliphatic heterocycles. The number of hydrogen-bond acceptors (Lipinski definition) is 4. The lowest BCUT2D eigenvalue weighted by Gasteiger charge is -2.37. The molecule has 142 valence electrons. The summed E-state index contributed by atoms with van der Waals surface area (Å²) < 4.78 is 38.3. The molecule has 0 bridgehead atoms. The molecular weight excluding hydrogens is 343 g/mol. The van der Waals surface area contributed by atoms with Crippen LogP contribution >= 0.6 is 0 Å². The second-order valence-electron chi connectivity index (χ2n) is 7.67. The minimum atomic E-state index is -3.14. The van der Waals surface area contributed by atoms with E-state index >= 15 is 0 Å². The second-order valence-corrected chi connectivity index (χ2v) is 9.65. The Labute approximate surface area is 150 Å². The molecule has 1 aromatic carbocycles. The number of β-amino-alcohol motifs (C(OH)–C–C–N with tert-alkyl or cyclic N) is 1. The fourth-order valence-electron chi connectivity index (χ4n) is 3.49. The van der Waals surface area contributed by atoms with Crippen molar-refractivity contribution in [2.24, 2.45) is 5.92 Å². The van der Waals surface area contributed by atoms with E-state index in [0.29, 0.717) is 25.2 Å². The number of aliphatic hydroxyl groups is 1. The molecule has 1 saturated heterocycles. The molecule has 0 aromatic heterocycles. The first-order chi connectivity index (χ1) is 11.6. The number of benzene rings is 1. The molecule has 0 aliphatic carbocycles. The van der Waals surface area contributed by atoms with Gasteiger partial charge in [0.05, 0.1) is 12.4 Å². The van der Waals surface area contributed by atoms with Gasteiger partial charge in [0.2, 0.25) is 10.0 Å². The van der Waals surface area contributed by atoms with Gasteiger partial charge in [0.1, 0.15) is 5.82 Å². The lowest BCUT2D eigenvalue weighted by Crippen LogP contribution is -2.46. The van der Waals surface area contributed by atoms with Crippen LogP contribution in [0.2, 0.25) is 0 Å². The molecule has 2 rings (SSSR count). The van der Waals surface area contributed by atoms with Gasteiger partial charge in [-0.25, -0.2) is 17.1 Å². The van der Waals surface area contributed by atoms with Crippen molar-refractivity contribution < 1.29 is 17.9 Å². The number of aliphatic hydroxyl groups excluding tert-OH is 1. The van der Waals surface area contributed by atoms with Gasteiger partial charge < -0.3 is 10.4 Å². The zero-order valence-corrected chi connectivity index (χ0v) is 16.0. The molecule has 0 spiro atoms. The third kappa shape index (κ3) is 6.33. The summed E-state index contributed by atoms with van der Waals surface area (Å²) >= 11 is 0. The molecule has 1 aromatic rings. The Balaban J connectivity index is 1.88. The SMILES string of the molecule is CC(C)(C[C@@H]1CCCN(S(C)(=O)=O)C1)NC[C@H](O)c1cccc(F)c1. The highest BCUT2D eigenvalue weighted by Gasteiger charge is 2.30. The van der Waals surface area contributed by atoms with Crippen molar-refractivity contribution in [3.8, 4) is 0 Å². The van der Waals surface area contributed by atoms with Crippen LogP contribution in [0.4, 0.5) is 4.39 Å². The first kappa shape index (κ1) is 20.3. The summed E-state index contributed by atoms with van der Waals surface area (Å²) in [6.45, 7) is 5.56. The van der Waals surface area contributed by atoms with Crippen molar-refractivity contribution in [3.05, 3.63) is 35.6 Å². The first-order valence-electron chi connectivity index (χ1n) is 8.70. The molecule has 0 radical (unpaired) electrons. The Kier molecular flexibility index (Phi) is 6.59. The third-order valence-corrected chi connectivity index (χ3v) is 6.03. The Bertz CT molecular complexity index is 679. The van der Waals surface area contributed by atoms with Crippen LogP contribution in [0.1, 0.15) is 44.8 Å². The molecule has 2 N–H and O–H groups in total. The average molecular weight is 373 g/mol.